The van der Waals surface area contributed by atoms with Crippen molar-refractivity contribution in [3.05, 3.63) is 99.1 Å². The van der Waals surface area contributed by atoms with Crippen LogP contribution in [0.2, 0.25) is 0 Å². The fraction of sp³-hybridized carbons (Fsp3) is 0.136. The van der Waals surface area contributed by atoms with Crippen LogP contribution in [0.1, 0.15) is 16.3 Å². The highest BCUT2D eigenvalue weighted by Gasteiger charge is 2.20. The van der Waals surface area contributed by atoms with Crippen molar-refractivity contribution in [1.29, 1.82) is 0 Å². The van der Waals surface area contributed by atoms with Crippen LogP contribution in [0.4, 0.5) is 0 Å². The largest absolute Gasteiger partial charge is 0.453 e. The van der Waals surface area contributed by atoms with E-state index in [1.165, 1.54) is 24.7 Å². The summed E-state index contributed by atoms with van der Waals surface area (Å²) in [5.41, 5.74) is 0.810. The van der Waals surface area contributed by atoms with Crippen LogP contribution in [-0.4, -0.2) is 29.9 Å². The van der Waals surface area contributed by atoms with Crippen molar-refractivity contribution in [1.82, 2.24) is 23.9 Å². The average Bonchev–Trinajstić information content (AvgIpc) is 3.26. The monoisotopic (exact) mass is 417 g/mol. The van der Waals surface area contributed by atoms with E-state index < -0.39 is 17.2 Å². The number of aromatic nitrogens is 5. The van der Waals surface area contributed by atoms with E-state index in [0.717, 1.165) is 15.8 Å². The molecule has 0 aliphatic heterocycles. The van der Waals surface area contributed by atoms with Gasteiger partial charge in [0.1, 0.15) is 6.61 Å². The van der Waals surface area contributed by atoms with Crippen molar-refractivity contribution >= 4 is 5.97 Å². The molecule has 0 aliphatic carbocycles. The molecule has 9 nitrogen and oxygen atoms in total. The molecule has 0 unspecified atom stereocenters. The highest BCUT2D eigenvalue weighted by Crippen LogP contribution is 2.21. The first-order chi connectivity index (χ1) is 15.0. The maximum Gasteiger partial charge on any atom is 0.378 e. The minimum atomic E-state index is -0.764. The summed E-state index contributed by atoms with van der Waals surface area (Å²) in [6.45, 7) is -0.263. The lowest BCUT2D eigenvalue weighted by Gasteiger charge is -2.09. The summed E-state index contributed by atoms with van der Waals surface area (Å²) >= 11 is 0. The highest BCUT2D eigenvalue weighted by molar-refractivity contribution is 5.86. The zero-order chi connectivity index (χ0) is 22.0. The summed E-state index contributed by atoms with van der Waals surface area (Å²) in [5, 5.41) is 4.34. The lowest BCUT2D eigenvalue weighted by molar-refractivity contribution is 0.0448. The van der Waals surface area contributed by atoms with Gasteiger partial charge in [-0.15, -0.1) is 5.10 Å². The van der Waals surface area contributed by atoms with Crippen molar-refractivity contribution in [3.8, 4) is 17.1 Å². The van der Waals surface area contributed by atoms with Crippen molar-refractivity contribution < 1.29 is 9.53 Å². The van der Waals surface area contributed by atoms with Crippen molar-refractivity contribution in [2.45, 2.75) is 6.61 Å². The van der Waals surface area contributed by atoms with Gasteiger partial charge in [0.2, 0.25) is 0 Å². The topological polar surface area (TPSA) is 101 Å². The van der Waals surface area contributed by atoms with Crippen molar-refractivity contribution in [3.63, 3.8) is 0 Å². The van der Waals surface area contributed by atoms with Gasteiger partial charge in [-0.3, -0.25) is 13.9 Å². The summed E-state index contributed by atoms with van der Waals surface area (Å²) in [6, 6.07) is 19.9. The van der Waals surface area contributed by atoms with Gasteiger partial charge in [0.15, 0.2) is 5.82 Å². The van der Waals surface area contributed by atoms with Gasteiger partial charge in [0.05, 0.1) is 11.4 Å². The molecule has 0 N–H and O–H groups in total. The van der Waals surface area contributed by atoms with Gasteiger partial charge in [0, 0.05) is 25.7 Å². The van der Waals surface area contributed by atoms with Crippen LogP contribution >= 0.6 is 0 Å². The molecule has 0 saturated carbocycles. The molecule has 2 aromatic heterocycles. The normalized spacial score (nSPS) is 10.8. The number of para-hydroxylation sites is 1. The lowest BCUT2D eigenvalue weighted by Crippen LogP contribution is -2.38. The molecule has 31 heavy (non-hydrogen) atoms. The molecule has 0 aliphatic rings. The maximum atomic E-state index is 12.7. The summed E-state index contributed by atoms with van der Waals surface area (Å²) in [4.78, 5) is 41.0. The Morgan fingerprint density at radius 2 is 1.58 bits per heavy atom. The van der Waals surface area contributed by atoms with Crippen LogP contribution in [0.5, 0.6) is 0 Å². The zero-order valence-corrected chi connectivity index (χ0v) is 16.9. The molecule has 2 aromatic carbocycles. The third-order valence-electron chi connectivity index (χ3n) is 4.80. The van der Waals surface area contributed by atoms with Crippen LogP contribution in [-0.2, 0) is 25.4 Å². The Bertz CT molecular complexity index is 1300. The number of carbonyl (C=O) groups excluding carboxylic acids is 1. The Hall–Kier alpha value is -4.27. The molecule has 0 radical (unpaired) electrons. The molecule has 9 heteroatoms. The van der Waals surface area contributed by atoms with E-state index in [1.54, 1.807) is 4.68 Å². The van der Waals surface area contributed by atoms with Gasteiger partial charge < -0.3 is 4.74 Å². The molecule has 2 heterocycles. The van der Waals surface area contributed by atoms with Crippen LogP contribution in [0.25, 0.3) is 17.1 Å². The Morgan fingerprint density at radius 1 is 0.935 bits per heavy atom. The second-order valence-electron chi connectivity index (χ2n) is 6.82. The predicted molar refractivity (Wildman–Crippen MR) is 113 cm³/mol. The third kappa shape index (κ3) is 3.93. The van der Waals surface area contributed by atoms with Crippen molar-refractivity contribution in [2.75, 3.05) is 0 Å². The average molecular weight is 417 g/mol. The van der Waals surface area contributed by atoms with Gasteiger partial charge >= 0.3 is 11.7 Å². The zero-order valence-electron chi connectivity index (χ0n) is 16.9. The van der Waals surface area contributed by atoms with Crippen LogP contribution in [0.3, 0.4) is 0 Å². The summed E-state index contributed by atoms with van der Waals surface area (Å²) in [6.07, 6.45) is 0. The number of benzene rings is 2. The van der Waals surface area contributed by atoms with E-state index in [2.05, 4.69) is 10.1 Å². The molecule has 0 spiro atoms. The molecule has 4 rings (SSSR count). The Labute approximate surface area is 176 Å². The van der Waals surface area contributed by atoms with E-state index in [4.69, 9.17) is 4.74 Å². The minimum absolute atomic E-state index is 0.128. The molecule has 4 aromatic rings. The second-order valence-corrected chi connectivity index (χ2v) is 6.82. The number of nitrogens with zero attached hydrogens (tertiary/aromatic N) is 5. The van der Waals surface area contributed by atoms with Gasteiger partial charge in [-0.2, -0.15) is 0 Å². The fourth-order valence-corrected chi connectivity index (χ4v) is 3.04. The van der Waals surface area contributed by atoms with E-state index in [0.29, 0.717) is 5.82 Å². The number of hydrogen-bond donors (Lipinski definition) is 0. The number of carbonyl (C=O) groups is 1. The van der Waals surface area contributed by atoms with E-state index in [9.17, 15) is 14.4 Å². The maximum absolute atomic E-state index is 12.7. The standard InChI is InChI=1S/C22H19N5O4/c1-25-17(13-18(28)26(2)22(25)30)14-31-21(29)19-23-20(15-9-5-3-6-10-15)27(24-19)16-11-7-4-8-12-16/h3-13H,14H2,1-2H3. The highest BCUT2D eigenvalue weighted by atomic mass is 16.5. The van der Waals surface area contributed by atoms with E-state index in [-0.39, 0.29) is 18.1 Å². The fourth-order valence-electron chi connectivity index (χ4n) is 3.04. The van der Waals surface area contributed by atoms with Gasteiger partial charge in [0.25, 0.3) is 11.4 Å². The Morgan fingerprint density at radius 3 is 2.26 bits per heavy atom. The van der Waals surface area contributed by atoms with Crippen LogP contribution in [0.15, 0.2) is 76.3 Å². The third-order valence-corrected chi connectivity index (χ3v) is 4.80. The smallest absolute Gasteiger partial charge is 0.378 e. The number of hydrogen-bond acceptors (Lipinski definition) is 6. The number of ether oxygens (including phenoxy) is 1. The number of esters is 1. The molecule has 0 fully saturated rings. The van der Waals surface area contributed by atoms with Crippen LogP contribution in [0, 0.1) is 0 Å². The molecular formula is C22H19N5O4. The first-order valence-electron chi connectivity index (χ1n) is 9.46. The summed E-state index contributed by atoms with van der Waals surface area (Å²) in [5.74, 6) is -0.406. The molecule has 0 atom stereocenters. The Balaban J connectivity index is 1.66. The molecule has 0 amide bonds. The number of rotatable bonds is 5. The predicted octanol–water partition coefficient (Wildman–Crippen LogP) is 1.69. The van der Waals surface area contributed by atoms with Gasteiger partial charge in [-0.1, -0.05) is 48.5 Å². The molecule has 0 bridgehead atoms. The molecule has 0 saturated heterocycles. The second kappa shape index (κ2) is 8.23. The summed E-state index contributed by atoms with van der Waals surface area (Å²) in [7, 11) is 2.88. The van der Waals surface area contributed by atoms with Crippen molar-refractivity contribution in [2.24, 2.45) is 14.1 Å². The summed E-state index contributed by atoms with van der Waals surface area (Å²) < 4.78 is 9.09. The quantitative estimate of drug-likeness (QED) is 0.458. The first kappa shape index (κ1) is 20.0. The minimum Gasteiger partial charge on any atom is -0.453 e. The van der Waals surface area contributed by atoms with E-state index >= 15 is 0 Å². The lowest BCUT2D eigenvalue weighted by atomic mass is 10.2. The SMILES string of the molecule is Cn1c(COC(=O)c2nc(-c3ccccc3)n(-c3ccccc3)n2)cc(=O)n(C)c1=O. The molecule has 156 valence electrons. The van der Waals surface area contributed by atoms with Gasteiger partial charge in [-0.25, -0.2) is 19.3 Å². The first-order valence-corrected chi connectivity index (χ1v) is 9.46. The van der Waals surface area contributed by atoms with Crippen LogP contribution < -0.4 is 11.2 Å². The Kier molecular flexibility index (Phi) is 5.31. The van der Waals surface area contributed by atoms with E-state index in [1.807, 2.05) is 60.7 Å². The molecular weight excluding hydrogens is 398 g/mol. The van der Waals surface area contributed by atoms with Gasteiger partial charge in [-0.05, 0) is 12.1 Å².